The van der Waals surface area contributed by atoms with Gasteiger partial charge in [-0.1, -0.05) is 0 Å². The second-order valence-electron chi connectivity index (χ2n) is 1.01. The molecule has 0 aliphatic heterocycles. The average Bonchev–Trinajstić information content (AvgIpc) is 1.54. The molecule has 0 heterocycles. The summed E-state index contributed by atoms with van der Waals surface area (Å²) in [4.78, 5) is 25.7. The van der Waals surface area contributed by atoms with E-state index in [2.05, 4.69) is 0 Å². The minimum absolute atomic E-state index is 0. The molecule has 0 aromatic heterocycles. The molecular weight excluding hydrogens is 284 g/mol. The first-order valence-electron chi connectivity index (χ1n) is 2.15. The van der Waals surface area contributed by atoms with Gasteiger partial charge in [0, 0.05) is 5.97 Å². The zero-order valence-electron chi connectivity index (χ0n) is 10.3. The van der Waals surface area contributed by atoms with E-state index in [1.165, 1.54) is 0 Å². The predicted octanol–water partition coefficient (Wildman–Crippen LogP) is -17.6. The summed E-state index contributed by atoms with van der Waals surface area (Å²) in [6.45, 7) is 0.972. The molecule has 17 heavy (non-hydrogen) atoms. The summed E-state index contributed by atoms with van der Waals surface area (Å²) in [7, 11) is 0. The molecule has 0 aromatic carbocycles. The summed E-state index contributed by atoms with van der Waals surface area (Å²) in [5, 5.41) is 40.9. The Balaban J connectivity index is -0.0000000104. The van der Waals surface area contributed by atoms with Gasteiger partial charge in [-0.05, 0) is 13.1 Å². The number of hydrogen-bond acceptors (Lipinski definition) is 7. The number of carbonyl (C=O) groups excluding carboxylic acids is 2. The molecule has 0 amide bonds. The van der Waals surface area contributed by atoms with Gasteiger partial charge in [0.25, 0.3) is 0 Å². The molecule has 0 fully saturated rings. The molecule has 80 valence electrons. The van der Waals surface area contributed by atoms with Crippen molar-refractivity contribution >= 4 is 18.3 Å². The van der Waals surface area contributed by atoms with Crippen molar-refractivity contribution in [2.75, 3.05) is 0 Å². The van der Waals surface area contributed by atoms with E-state index in [0.29, 0.717) is 0 Å². The van der Waals surface area contributed by atoms with Crippen molar-refractivity contribution in [1.82, 2.24) is 0 Å². The summed E-state index contributed by atoms with van der Waals surface area (Å²) < 4.78 is 0. The molecule has 0 spiro atoms. The van der Waals surface area contributed by atoms with Crippen LogP contribution in [0.5, 0.6) is 0 Å². The average molecular weight is 290 g/mol. The van der Waals surface area contributed by atoms with Gasteiger partial charge in [-0.2, -0.15) is 0 Å². The van der Waals surface area contributed by atoms with E-state index in [-0.39, 0.29) is 124 Å². The van der Waals surface area contributed by atoms with Gasteiger partial charge in [0.15, 0.2) is 0 Å². The minimum atomic E-state index is -2.33. The second kappa shape index (κ2) is 43.0. The van der Waals surface area contributed by atoms with Crippen LogP contribution in [0.25, 0.3) is 0 Å². The SMILES string of the molecule is CC(=O)[O-].O.O=C([O-])O.O=C([O-])[O-].[Na+].[Na+].[Na+].[Na+]. The zero-order valence-corrected chi connectivity index (χ0v) is 18.3. The fourth-order valence-corrected chi connectivity index (χ4v) is 0. The molecular formula is C4H6Na4O9. The Kier molecular flexibility index (Phi) is 129. The van der Waals surface area contributed by atoms with Crippen LogP contribution in [-0.2, 0) is 4.79 Å². The first-order chi connectivity index (χ1) is 5.20. The minimum Gasteiger partial charge on any atom is -0.652 e. The Bertz CT molecular complexity index is 123. The van der Waals surface area contributed by atoms with E-state index in [9.17, 15) is 0 Å². The molecule has 0 radical (unpaired) electrons. The molecule has 0 bridgehead atoms. The Morgan fingerprint density at radius 1 is 0.824 bits per heavy atom. The van der Waals surface area contributed by atoms with Gasteiger partial charge in [-0.15, -0.1) is 0 Å². The Morgan fingerprint density at radius 2 is 0.824 bits per heavy atom. The number of carbonyl (C=O) groups is 3. The van der Waals surface area contributed by atoms with Crippen molar-refractivity contribution in [3.63, 3.8) is 0 Å². The van der Waals surface area contributed by atoms with Crippen LogP contribution in [0, 0.1) is 0 Å². The topological polar surface area (TPSA) is 195 Å². The van der Waals surface area contributed by atoms with Crippen LogP contribution >= 0.6 is 0 Å². The maximum atomic E-state index is 8.89. The molecule has 3 N–H and O–H groups in total. The van der Waals surface area contributed by atoms with E-state index >= 15 is 0 Å². The van der Waals surface area contributed by atoms with Gasteiger partial charge >= 0.3 is 118 Å². The molecule has 0 saturated carbocycles. The zero-order chi connectivity index (χ0) is 10.7. The third kappa shape index (κ3) is 1180. The van der Waals surface area contributed by atoms with Crippen molar-refractivity contribution in [2.24, 2.45) is 0 Å². The number of aliphatic carboxylic acids is 1. The molecule has 9 nitrogen and oxygen atoms in total. The van der Waals surface area contributed by atoms with Crippen LogP contribution < -0.4 is 139 Å². The number of hydrogen-bond donors (Lipinski definition) is 1. The van der Waals surface area contributed by atoms with E-state index in [1.807, 2.05) is 0 Å². The second-order valence-corrected chi connectivity index (χ2v) is 1.01. The standard InChI is InChI=1S/C2H4O2.2CH2O3.4Na.H2O/c1-2(3)4;2*2-1(3)4;;;;;/h1H3,(H,3,4);2*(H2,2,3,4);;;;;1H2/q;;;4*+1;/p-4. The summed E-state index contributed by atoms with van der Waals surface area (Å²) in [5.41, 5.74) is 0. The van der Waals surface area contributed by atoms with E-state index in [1.54, 1.807) is 0 Å². The van der Waals surface area contributed by atoms with Gasteiger partial charge in [0.1, 0.15) is 0 Å². The van der Waals surface area contributed by atoms with Crippen LogP contribution in [0.3, 0.4) is 0 Å². The molecule has 0 aliphatic rings. The quantitative estimate of drug-likeness (QED) is 0.424. The van der Waals surface area contributed by atoms with Gasteiger partial charge in [-0.25, -0.2) is 0 Å². The molecule has 0 unspecified atom stereocenters. The predicted molar refractivity (Wildman–Crippen MR) is 27.7 cm³/mol. The van der Waals surface area contributed by atoms with Gasteiger partial charge in [0.05, 0.1) is 0 Å². The van der Waals surface area contributed by atoms with Crippen molar-refractivity contribution < 1.29 is 164 Å². The summed E-state index contributed by atoms with van der Waals surface area (Å²) in [6, 6.07) is 0. The molecule has 13 heteroatoms. The normalized spacial score (nSPS) is 4.29. The van der Waals surface area contributed by atoms with E-state index < -0.39 is 18.3 Å². The maximum Gasteiger partial charge on any atom is 1.00 e. The smallest absolute Gasteiger partial charge is 0.652 e. The largest absolute Gasteiger partial charge is 1.00 e. The fourth-order valence-electron chi connectivity index (χ4n) is 0. The Labute approximate surface area is 185 Å². The molecule has 0 aliphatic carbocycles. The Morgan fingerprint density at radius 3 is 0.824 bits per heavy atom. The van der Waals surface area contributed by atoms with Crippen molar-refractivity contribution in [1.29, 1.82) is 0 Å². The fraction of sp³-hybridized carbons (Fsp3) is 0.250. The van der Waals surface area contributed by atoms with Crippen LogP contribution in [0.2, 0.25) is 0 Å². The number of carboxylic acids is 1. The van der Waals surface area contributed by atoms with Crippen LogP contribution in [0.4, 0.5) is 9.59 Å². The third-order valence-corrected chi connectivity index (χ3v) is 0. The number of carboxylic acid groups (broad SMARTS) is 5. The maximum absolute atomic E-state index is 8.89. The van der Waals surface area contributed by atoms with Crippen molar-refractivity contribution in [3.05, 3.63) is 0 Å². The molecule has 0 rings (SSSR count). The first-order valence-corrected chi connectivity index (χ1v) is 2.15. The van der Waals surface area contributed by atoms with Gasteiger partial charge in [0.2, 0.25) is 6.16 Å². The van der Waals surface area contributed by atoms with Crippen molar-refractivity contribution in [2.45, 2.75) is 6.92 Å². The molecule has 0 aromatic rings. The van der Waals surface area contributed by atoms with Crippen molar-refractivity contribution in [3.8, 4) is 0 Å². The van der Waals surface area contributed by atoms with E-state index in [4.69, 9.17) is 39.9 Å². The summed E-state index contributed by atoms with van der Waals surface area (Å²) >= 11 is 0. The van der Waals surface area contributed by atoms with Crippen LogP contribution in [0.15, 0.2) is 0 Å². The first kappa shape index (κ1) is 50.9. The third-order valence-electron chi connectivity index (χ3n) is 0. The van der Waals surface area contributed by atoms with E-state index in [0.717, 1.165) is 6.92 Å². The number of rotatable bonds is 0. The molecule has 0 saturated heterocycles. The Hall–Kier alpha value is 1.97. The summed E-state index contributed by atoms with van der Waals surface area (Å²) in [5.74, 6) is -1.08. The van der Waals surface area contributed by atoms with Crippen LogP contribution in [0.1, 0.15) is 6.92 Å². The van der Waals surface area contributed by atoms with Gasteiger partial charge in [-0.3, -0.25) is 0 Å². The van der Waals surface area contributed by atoms with Crippen LogP contribution in [-0.4, -0.2) is 28.9 Å². The summed E-state index contributed by atoms with van der Waals surface area (Å²) in [6.07, 6.45) is -4.42. The molecule has 0 atom stereocenters. The monoisotopic (exact) mass is 290 g/mol. The van der Waals surface area contributed by atoms with Gasteiger partial charge < -0.3 is 45.4 Å².